The van der Waals surface area contributed by atoms with Gasteiger partial charge < -0.3 is 0 Å². The number of rotatable bonds is 3. The molecule has 3 nitrogen and oxygen atoms in total. The molecule has 4 heteroatoms. The highest BCUT2D eigenvalue weighted by molar-refractivity contribution is 7.18. The molecule has 1 aliphatic rings. The molecule has 17 heavy (non-hydrogen) atoms. The van der Waals surface area contributed by atoms with Crippen LogP contribution in [0.4, 0.5) is 0 Å². The predicted octanol–water partition coefficient (Wildman–Crippen LogP) is 2.83. The van der Waals surface area contributed by atoms with E-state index in [2.05, 4.69) is 23.8 Å². The third-order valence-electron chi connectivity index (χ3n) is 3.42. The minimum atomic E-state index is 0.306. The van der Waals surface area contributed by atoms with Gasteiger partial charge in [0, 0.05) is 22.6 Å². The van der Waals surface area contributed by atoms with Crippen molar-refractivity contribution in [1.29, 1.82) is 0 Å². The molecular formula is C13H14N2OS. The van der Waals surface area contributed by atoms with Gasteiger partial charge in [0.2, 0.25) is 0 Å². The van der Waals surface area contributed by atoms with Crippen molar-refractivity contribution in [2.75, 3.05) is 0 Å². The molecule has 3 rings (SSSR count). The van der Waals surface area contributed by atoms with Gasteiger partial charge in [0.05, 0.1) is 5.69 Å². The molecule has 0 N–H and O–H groups in total. The van der Waals surface area contributed by atoms with E-state index in [1.54, 1.807) is 17.7 Å². The quantitative estimate of drug-likeness (QED) is 0.836. The van der Waals surface area contributed by atoms with Gasteiger partial charge in [0.15, 0.2) is 0 Å². The first kappa shape index (κ1) is 10.8. The molecular weight excluding hydrogens is 232 g/mol. The molecule has 2 aromatic heterocycles. The van der Waals surface area contributed by atoms with Crippen LogP contribution in [-0.2, 0) is 11.2 Å². The smallest absolute Gasteiger partial charge is 0.141 e. The predicted molar refractivity (Wildman–Crippen MR) is 68.3 cm³/mol. The van der Waals surface area contributed by atoms with Crippen LogP contribution < -0.4 is 0 Å². The lowest BCUT2D eigenvalue weighted by molar-refractivity contribution is -0.119. The summed E-state index contributed by atoms with van der Waals surface area (Å²) in [6, 6.07) is 0. The average molecular weight is 246 g/mol. The summed E-state index contributed by atoms with van der Waals surface area (Å²) in [5, 5.41) is 1.10. The van der Waals surface area contributed by atoms with E-state index < -0.39 is 0 Å². The molecule has 0 amide bonds. The Labute approximate surface area is 104 Å². The lowest BCUT2D eigenvalue weighted by Crippen LogP contribution is -2.07. The second kappa shape index (κ2) is 3.88. The fraction of sp³-hybridized carbons (Fsp3) is 0.462. The Kier molecular flexibility index (Phi) is 2.47. The number of Topliss-reactive ketones (excluding diaryl/α,β-unsaturated/α-hetero) is 1. The van der Waals surface area contributed by atoms with E-state index in [9.17, 15) is 4.79 Å². The molecule has 1 fully saturated rings. The number of hydrogen-bond acceptors (Lipinski definition) is 4. The summed E-state index contributed by atoms with van der Waals surface area (Å²) in [6.45, 7) is 4.18. The second-order valence-electron chi connectivity index (χ2n) is 4.70. The molecule has 0 bridgehead atoms. The number of fused-ring (bicyclic) bond motifs is 1. The summed E-state index contributed by atoms with van der Waals surface area (Å²) >= 11 is 1.68. The summed E-state index contributed by atoms with van der Waals surface area (Å²) in [7, 11) is 0. The van der Waals surface area contributed by atoms with E-state index in [1.807, 2.05) is 0 Å². The molecule has 0 radical (unpaired) electrons. The fourth-order valence-corrected chi connectivity index (χ4v) is 3.12. The Morgan fingerprint density at radius 3 is 2.88 bits per heavy atom. The number of carbonyl (C=O) groups excluding carboxylic acids is 1. The van der Waals surface area contributed by atoms with E-state index in [0.29, 0.717) is 18.1 Å². The van der Waals surface area contributed by atoms with Crippen LogP contribution in [0.1, 0.15) is 29.0 Å². The standard InChI is InChI=1S/C13H14N2OS/c1-7-8(2)17-13-12(7)10(14-6-15-13)5-11(16)9-3-4-9/h6,9H,3-5H2,1-2H3. The highest BCUT2D eigenvalue weighted by atomic mass is 32.1. The van der Waals surface area contributed by atoms with E-state index in [1.165, 1.54) is 10.4 Å². The van der Waals surface area contributed by atoms with Gasteiger partial charge in [-0.1, -0.05) is 0 Å². The average Bonchev–Trinajstić information content (AvgIpc) is 3.08. The number of thiophene rings is 1. The molecule has 2 heterocycles. The van der Waals surface area contributed by atoms with Crippen LogP contribution in [0.2, 0.25) is 0 Å². The zero-order valence-corrected chi connectivity index (χ0v) is 10.8. The third kappa shape index (κ3) is 1.86. The molecule has 0 saturated heterocycles. The summed E-state index contributed by atoms with van der Waals surface area (Å²) in [5.74, 6) is 0.647. The van der Waals surface area contributed by atoms with Crippen LogP contribution in [0.3, 0.4) is 0 Å². The molecule has 0 atom stereocenters. The second-order valence-corrected chi connectivity index (χ2v) is 5.90. The molecule has 1 aliphatic carbocycles. The Bertz CT molecular complexity index is 599. The number of hydrogen-bond donors (Lipinski definition) is 0. The highest BCUT2D eigenvalue weighted by Crippen LogP contribution is 2.33. The van der Waals surface area contributed by atoms with Crippen LogP contribution in [0.15, 0.2) is 6.33 Å². The van der Waals surface area contributed by atoms with Gasteiger partial charge in [0.25, 0.3) is 0 Å². The first-order chi connectivity index (χ1) is 8.16. The van der Waals surface area contributed by atoms with Crippen molar-refractivity contribution in [2.45, 2.75) is 33.1 Å². The Morgan fingerprint density at radius 1 is 1.41 bits per heavy atom. The van der Waals surface area contributed by atoms with Crippen molar-refractivity contribution >= 4 is 27.3 Å². The van der Waals surface area contributed by atoms with Crippen LogP contribution in [0.25, 0.3) is 10.2 Å². The lowest BCUT2D eigenvalue weighted by Gasteiger charge is -2.02. The number of nitrogens with zero attached hydrogens (tertiary/aromatic N) is 2. The van der Waals surface area contributed by atoms with E-state index in [4.69, 9.17) is 0 Å². The highest BCUT2D eigenvalue weighted by Gasteiger charge is 2.30. The van der Waals surface area contributed by atoms with Gasteiger partial charge in [-0.05, 0) is 32.3 Å². The Hall–Kier alpha value is -1.29. The van der Waals surface area contributed by atoms with Crippen LogP contribution in [0, 0.1) is 19.8 Å². The molecule has 0 aliphatic heterocycles. The van der Waals surface area contributed by atoms with Crippen molar-refractivity contribution in [1.82, 2.24) is 9.97 Å². The molecule has 2 aromatic rings. The number of ketones is 1. The molecule has 0 unspecified atom stereocenters. The summed E-state index contributed by atoms with van der Waals surface area (Å²) in [6.07, 6.45) is 4.18. The minimum Gasteiger partial charge on any atom is -0.299 e. The number of aromatic nitrogens is 2. The third-order valence-corrected chi connectivity index (χ3v) is 4.53. The lowest BCUT2D eigenvalue weighted by atomic mass is 10.1. The van der Waals surface area contributed by atoms with Crippen molar-refractivity contribution in [2.24, 2.45) is 5.92 Å². The van der Waals surface area contributed by atoms with Gasteiger partial charge >= 0.3 is 0 Å². The largest absolute Gasteiger partial charge is 0.299 e. The van der Waals surface area contributed by atoms with Crippen molar-refractivity contribution in [3.8, 4) is 0 Å². The molecule has 88 valence electrons. The maximum absolute atomic E-state index is 11.9. The van der Waals surface area contributed by atoms with Crippen molar-refractivity contribution in [3.63, 3.8) is 0 Å². The Morgan fingerprint density at radius 2 is 2.18 bits per heavy atom. The Balaban J connectivity index is 2.05. The van der Waals surface area contributed by atoms with Crippen molar-refractivity contribution in [3.05, 3.63) is 22.5 Å². The summed E-state index contributed by atoms with van der Waals surface area (Å²) in [4.78, 5) is 22.7. The first-order valence-corrected chi connectivity index (χ1v) is 6.70. The molecule has 1 saturated carbocycles. The zero-order chi connectivity index (χ0) is 12.0. The molecule has 0 aromatic carbocycles. The van der Waals surface area contributed by atoms with E-state index in [0.717, 1.165) is 28.8 Å². The van der Waals surface area contributed by atoms with Crippen molar-refractivity contribution < 1.29 is 4.79 Å². The van der Waals surface area contributed by atoms with Gasteiger partial charge in [-0.3, -0.25) is 4.79 Å². The SMILES string of the molecule is Cc1sc2ncnc(CC(=O)C3CC3)c2c1C. The number of carbonyl (C=O) groups is 1. The monoisotopic (exact) mass is 246 g/mol. The normalized spacial score (nSPS) is 15.4. The van der Waals surface area contributed by atoms with Gasteiger partial charge in [0.1, 0.15) is 16.9 Å². The maximum Gasteiger partial charge on any atom is 0.141 e. The summed E-state index contributed by atoms with van der Waals surface area (Å²) in [5.41, 5.74) is 2.14. The summed E-state index contributed by atoms with van der Waals surface area (Å²) < 4.78 is 0. The maximum atomic E-state index is 11.9. The van der Waals surface area contributed by atoms with E-state index >= 15 is 0 Å². The first-order valence-electron chi connectivity index (χ1n) is 5.89. The van der Waals surface area contributed by atoms with Crippen LogP contribution >= 0.6 is 11.3 Å². The van der Waals surface area contributed by atoms with E-state index in [-0.39, 0.29) is 0 Å². The van der Waals surface area contributed by atoms with Crippen LogP contribution in [0.5, 0.6) is 0 Å². The number of aryl methyl sites for hydroxylation is 2. The topological polar surface area (TPSA) is 42.9 Å². The van der Waals surface area contributed by atoms with Gasteiger partial charge in [-0.2, -0.15) is 0 Å². The van der Waals surface area contributed by atoms with Crippen LogP contribution in [-0.4, -0.2) is 15.8 Å². The zero-order valence-electron chi connectivity index (χ0n) is 9.99. The molecule has 0 spiro atoms. The van der Waals surface area contributed by atoms with Gasteiger partial charge in [-0.25, -0.2) is 9.97 Å². The minimum absolute atomic E-state index is 0.306. The fourth-order valence-electron chi connectivity index (χ4n) is 2.10. The van der Waals surface area contributed by atoms with Gasteiger partial charge in [-0.15, -0.1) is 11.3 Å².